The minimum Gasteiger partial charge on any atom is -0.464 e. The van der Waals surface area contributed by atoms with E-state index in [0.29, 0.717) is 16.5 Å². The molecule has 3 rings (SSSR count). The summed E-state index contributed by atoms with van der Waals surface area (Å²) >= 11 is 7.37. The third-order valence-corrected chi connectivity index (χ3v) is 7.09. The average Bonchev–Trinajstić information content (AvgIpc) is 2.93. The van der Waals surface area contributed by atoms with Crippen molar-refractivity contribution in [2.75, 3.05) is 18.6 Å². The Morgan fingerprint density at radius 3 is 2.70 bits per heavy atom. The van der Waals surface area contributed by atoms with Gasteiger partial charge in [-0.3, -0.25) is 14.5 Å². The zero-order valence-electron chi connectivity index (χ0n) is 18.1. The van der Waals surface area contributed by atoms with Gasteiger partial charge in [0.25, 0.3) is 11.1 Å². The van der Waals surface area contributed by atoms with Gasteiger partial charge in [-0.2, -0.15) is 0 Å². The van der Waals surface area contributed by atoms with Crippen LogP contribution in [0.25, 0.3) is 6.08 Å². The maximum atomic E-state index is 12.8. The van der Waals surface area contributed by atoms with Gasteiger partial charge in [0.15, 0.2) is 0 Å². The molecule has 2 aliphatic heterocycles. The first-order valence-electron chi connectivity index (χ1n) is 9.99. The molecule has 0 bridgehead atoms. The summed E-state index contributed by atoms with van der Waals surface area (Å²) < 4.78 is 4.95. The molecule has 2 unspecified atom stereocenters. The fourth-order valence-electron chi connectivity index (χ4n) is 4.04. The van der Waals surface area contributed by atoms with Gasteiger partial charge >= 0.3 is 5.97 Å². The molecule has 1 fully saturated rings. The highest BCUT2D eigenvalue weighted by molar-refractivity contribution is 8.18. The monoisotopic (exact) mass is 450 g/mol. The van der Waals surface area contributed by atoms with E-state index in [2.05, 4.69) is 32.7 Å². The molecule has 1 saturated heterocycles. The molecule has 0 aliphatic carbocycles. The first-order chi connectivity index (χ1) is 14.0. The lowest BCUT2D eigenvalue weighted by Gasteiger charge is -2.45. The number of hydrogen-bond donors (Lipinski definition) is 0. The van der Waals surface area contributed by atoms with Gasteiger partial charge in [0.2, 0.25) is 0 Å². The Hall–Kier alpha value is -1.99. The van der Waals surface area contributed by atoms with Gasteiger partial charge in [-0.25, -0.2) is 4.79 Å². The Bertz CT molecular complexity index is 943. The molecule has 162 valence electrons. The van der Waals surface area contributed by atoms with Crippen molar-refractivity contribution in [3.05, 3.63) is 33.2 Å². The summed E-state index contributed by atoms with van der Waals surface area (Å²) in [5, 5.41) is 0.0199. The summed E-state index contributed by atoms with van der Waals surface area (Å²) in [6.07, 6.45) is 2.63. The van der Waals surface area contributed by atoms with E-state index >= 15 is 0 Å². The van der Waals surface area contributed by atoms with E-state index in [0.717, 1.165) is 34.3 Å². The largest absolute Gasteiger partial charge is 0.464 e. The van der Waals surface area contributed by atoms with E-state index in [-0.39, 0.29) is 17.1 Å². The summed E-state index contributed by atoms with van der Waals surface area (Å²) in [6, 6.07) is 2.95. The normalized spacial score (nSPS) is 23.0. The molecule has 0 N–H and O–H groups in total. The second-order valence-electron chi connectivity index (χ2n) is 8.39. The number of thioether (sulfide) groups is 1. The highest BCUT2D eigenvalue weighted by atomic mass is 35.5. The number of ether oxygens (including phenoxy) is 1. The fraction of sp³-hybridized carbons (Fsp3) is 0.500. The van der Waals surface area contributed by atoms with E-state index in [4.69, 9.17) is 16.3 Å². The summed E-state index contributed by atoms with van der Waals surface area (Å²) in [4.78, 5) is 40.6. The molecular weight excluding hydrogens is 424 g/mol. The van der Waals surface area contributed by atoms with Gasteiger partial charge in [0.1, 0.15) is 6.04 Å². The van der Waals surface area contributed by atoms with Crippen LogP contribution in [0.2, 0.25) is 5.02 Å². The summed E-state index contributed by atoms with van der Waals surface area (Å²) in [7, 11) is 2.06. The number of benzene rings is 1. The van der Waals surface area contributed by atoms with Crippen LogP contribution >= 0.6 is 23.4 Å². The highest BCUT2D eigenvalue weighted by Crippen LogP contribution is 2.45. The van der Waals surface area contributed by atoms with Gasteiger partial charge in [-0.05, 0) is 81.1 Å². The molecule has 0 aromatic heterocycles. The minimum absolute atomic E-state index is 0.0170. The average molecular weight is 451 g/mol. The summed E-state index contributed by atoms with van der Waals surface area (Å²) in [6.45, 7) is 9.94. The number of esters is 1. The first-order valence-corrected chi connectivity index (χ1v) is 11.2. The number of carbonyl (C=O) groups is 3. The Kier molecular flexibility index (Phi) is 6.25. The van der Waals surface area contributed by atoms with E-state index in [1.54, 1.807) is 13.0 Å². The topological polar surface area (TPSA) is 66.9 Å². The number of anilines is 1. The lowest BCUT2D eigenvalue weighted by Crippen LogP contribution is -2.45. The van der Waals surface area contributed by atoms with E-state index in [1.165, 1.54) is 6.92 Å². The summed E-state index contributed by atoms with van der Waals surface area (Å²) in [5.74, 6) is -0.785. The first kappa shape index (κ1) is 22.7. The summed E-state index contributed by atoms with van der Waals surface area (Å²) in [5.41, 5.74) is 2.93. The van der Waals surface area contributed by atoms with Gasteiger partial charge in [-0.15, -0.1) is 0 Å². The molecule has 0 spiro atoms. The van der Waals surface area contributed by atoms with Crippen LogP contribution in [0.15, 0.2) is 17.0 Å². The van der Waals surface area contributed by atoms with Crippen LogP contribution in [0.5, 0.6) is 0 Å². The third-order valence-electron chi connectivity index (χ3n) is 5.88. The van der Waals surface area contributed by atoms with Gasteiger partial charge in [0, 0.05) is 23.3 Å². The van der Waals surface area contributed by atoms with Gasteiger partial charge in [0.05, 0.1) is 11.5 Å². The van der Waals surface area contributed by atoms with Crippen molar-refractivity contribution in [1.82, 2.24) is 4.90 Å². The zero-order valence-corrected chi connectivity index (χ0v) is 19.7. The smallest absolute Gasteiger partial charge is 0.329 e. The molecule has 6 nitrogen and oxygen atoms in total. The Labute approximate surface area is 186 Å². The lowest BCUT2D eigenvalue weighted by molar-refractivity contribution is -0.150. The number of halogens is 1. The number of fused-ring (bicyclic) bond motifs is 1. The Morgan fingerprint density at radius 1 is 1.40 bits per heavy atom. The number of rotatable bonds is 4. The quantitative estimate of drug-likeness (QED) is 0.472. The second kappa shape index (κ2) is 8.27. The van der Waals surface area contributed by atoms with Crippen LogP contribution in [0.4, 0.5) is 10.5 Å². The predicted octanol–water partition coefficient (Wildman–Crippen LogP) is 5.05. The predicted molar refractivity (Wildman–Crippen MR) is 121 cm³/mol. The van der Waals surface area contributed by atoms with E-state index in [9.17, 15) is 14.4 Å². The Balaban J connectivity index is 1.95. The van der Waals surface area contributed by atoms with E-state index in [1.807, 2.05) is 12.1 Å². The molecule has 2 amide bonds. The third kappa shape index (κ3) is 3.97. The fourth-order valence-corrected chi connectivity index (χ4v) is 5.15. The van der Waals surface area contributed by atoms with Gasteiger partial charge < -0.3 is 9.64 Å². The van der Waals surface area contributed by atoms with Crippen LogP contribution in [0, 0.1) is 0 Å². The van der Waals surface area contributed by atoms with Crippen LogP contribution in [0.3, 0.4) is 0 Å². The number of hydrogen-bond acceptors (Lipinski definition) is 6. The molecule has 8 heteroatoms. The number of amides is 2. The minimum atomic E-state index is -0.974. The molecule has 2 aliphatic rings. The maximum absolute atomic E-state index is 12.8. The number of imide groups is 1. The molecule has 2 heterocycles. The Morgan fingerprint density at radius 2 is 2.07 bits per heavy atom. The number of carbonyl (C=O) groups excluding carboxylic acids is 3. The van der Waals surface area contributed by atoms with Crippen LogP contribution in [-0.4, -0.2) is 47.3 Å². The molecule has 0 saturated carbocycles. The standard InChI is InChI=1S/C22H27ClN2O4S/c1-7-29-20(27)13(3)25-19(26)18(30-21(25)28)9-14-8-15-12(2)11-22(4,5)24(6)17(15)10-16(14)23/h8-10,12-13H,7,11H2,1-6H3/b18-9-. The van der Waals surface area contributed by atoms with Gasteiger partial charge in [-0.1, -0.05) is 18.5 Å². The van der Waals surface area contributed by atoms with Crippen molar-refractivity contribution < 1.29 is 19.1 Å². The van der Waals surface area contributed by atoms with Crippen LogP contribution in [-0.2, 0) is 14.3 Å². The molecule has 1 aromatic carbocycles. The van der Waals surface area contributed by atoms with Crippen molar-refractivity contribution in [3.8, 4) is 0 Å². The van der Waals surface area contributed by atoms with Crippen molar-refractivity contribution in [2.24, 2.45) is 0 Å². The van der Waals surface area contributed by atoms with Crippen LogP contribution in [0.1, 0.15) is 58.1 Å². The molecule has 30 heavy (non-hydrogen) atoms. The number of nitrogens with zero attached hydrogens (tertiary/aromatic N) is 2. The molecule has 1 aromatic rings. The highest BCUT2D eigenvalue weighted by Gasteiger charge is 2.41. The second-order valence-corrected chi connectivity index (χ2v) is 9.79. The molecular formula is C22H27ClN2O4S. The van der Waals surface area contributed by atoms with Crippen molar-refractivity contribution in [3.63, 3.8) is 0 Å². The SMILES string of the molecule is CCOC(=O)C(C)N1C(=O)S/C(=C\c2cc3c(cc2Cl)N(C)C(C)(C)CC3C)C1=O. The zero-order chi connectivity index (χ0) is 22.4. The lowest BCUT2D eigenvalue weighted by atomic mass is 9.80. The van der Waals surface area contributed by atoms with Crippen molar-refractivity contribution >= 4 is 52.2 Å². The van der Waals surface area contributed by atoms with Crippen LogP contribution < -0.4 is 4.90 Å². The molecule has 2 atom stereocenters. The van der Waals surface area contributed by atoms with Crippen molar-refractivity contribution in [2.45, 2.75) is 58.5 Å². The van der Waals surface area contributed by atoms with Crippen molar-refractivity contribution in [1.29, 1.82) is 0 Å². The maximum Gasteiger partial charge on any atom is 0.329 e. The molecule has 0 radical (unpaired) electrons. The van der Waals surface area contributed by atoms with E-state index < -0.39 is 23.2 Å².